The summed E-state index contributed by atoms with van der Waals surface area (Å²) in [4.78, 5) is 16.7. The molecule has 0 aliphatic carbocycles. The molecule has 0 spiro atoms. The Morgan fingerprint density at radius 3 is 2.70 bits per heavy atom. The molecule has 1 aromatic heterocycles. The lowest BCUT2D eigenvalue weighted by Gasteiger charge is -2.15. The molecule has 0 unspecified atom stereocenters. The van der Waals surface area contributed by atoms with E-state index in [-0.39, 0.29) is 17.8 Å². The van der Waals surface area contributed by atoms with Gasteiger partial charge < -0.3 is 15.6 Å². The monoisotopic (exact) mass is 368 g/mol. The molecule has 0 bridgehead atoms. The minimum atomic E-state index is -0.275. The molecular weight excluding hydrogens is 343 g/mol. The van der Waals surface area contributed by atoms with E-state index >= 15 is 0 Å². The summed E-state index contributed by atoms with van der Waals surface area (Å²) in [7, 11) is 0. The number of hydrogen-bond acceptors (Lipinski definition) is 3. The van der Waals surface area contributed by atoms with Gasteiger partial charge in [-0.3, -0.25) is 4.79 Å². The Morgan fingerprint density at radius 2 is 2.04 bits per heavy atom. The van der Waals surface area contributed by atoms with E-state index in [0.29, 0.717) is 19.4 Å². The van der Waals surface area contributed by atoms with Crippen LogP contribution in [0.4, 0.5) is 10.1 Å². The molecule has 1 amide bonds. The van der Waals surface area contributed by atoms with Gasteiger partial charge in [0.2, 0.25) is 5.91 Å². The molecule has 6 heteroatoms. The van der Waals surface area contributed by atoms with Gasteiger partial charge in [-0.25, -0.2) is 9.37 Å². The molecule has 0 fully saturated rings. The van der Waals surface area contributed by atoms with Crippen LogP contribution in [-0.4, -0.2) is 22.0 Å². The number of hydrogen-bond donors (Lipinski definition) is 2. The maximum Gasteiger partial charge on any atom is 0.224 e. The zero-order chi connectivity index (χ0) is 19.6. The maximum atomic E-state index is 13.7. The summed E-state index contributed by atoms with van der Waals surface area (Å²) in [6, 6.07) is 10.6. The lowest BCUT2D eigenvalue weighted by molar-refractivity contribution is -0.116. The lowest BCUT2D eigenvalue weighted by Crippen LogP contribution is -2.14. The SMILES string of the molecule is Cc1cc(-c2nc3ccc(F)cc3n2C(C)C)ccc1NC(=O)CCCN. The molecule has 0 atom stereocenters. The van der Waals surface area contributed by atoms with E-state index in [9.17, 15) is 9.18 Å². The molecular formula is C21H25FN4O. The van der Waals surface area contributed by atoms with Crippen LogP contribution in [0, 0.1) is 12.7 Å². The summed E-state index contributed by atoms with van der Waals surface area (Å²) in [5.41, 5.74) is 9.64. The van der Waals surface area contributed by atoms with Crippen molar-refractivity contribution < 1.29 is 9.18 Å². The average molecular weight is 368 g/mol. The number of carbonyl (C=O) groups excluding carboxylic acids is 1. The number of rotatable bonds is 6. The molecule has 27 heavy (non-hydrogen) atoms. The smallest absolute Gasteiger partial charge is 0.224 e. The van der Waals surface area contributed by atoms with Gasteiger partial charge in [-0.2, -0.15) is 0 Å². The Bertz CT molecular complexity index is 978. The van der Waals surface area contributed by atoms with Crippen LogP contribution in [0.5, 0.6) is 0 Å². The number of fused-ring (bicyclic) bond motifs is 1. The fourth-order valence-corrected chi connectivity index (χ4v) is 3.21. The highest BCUT2D eigenvalue weighted by molar-refractivity contribution is 5.92. The van der Waals surface area contributed by atoms with Crippen molar-refractivity contribution in [3.8, 4) is 11.4 Å². The van der Waals surface area contributed by atoms with Crippen LogP contribution < -0.4 is 11.1 Å². The molecule has 0 saturated carbocycles. The molecule has 0 aliphatic rings. The number of anilines is 1. The first-order chi connectivity index (χ1) is 12.9. The second-order valence-electron chi connectivity index (χ2n) is 7.00. The van der Waals surface area contributed by atoms with Gasteiger partial charge in [0.05, 0.1) is 11.0 Å². The number of aromatic nitrogens is 2. The van der Waals surface area contributed by atoms with Gasteiger partial charge in [-0.1, -0.05) is 0 Å². The summed E-state index contributed by atoms with van der Waals surface area (Å²) >= 11 is 0. The van der Waals surface area contributed by atoms with Crippen molar-refractivity contribution in [2.45, 2.75) is 39.7 Å². The number of halogens is 1. The van der Waals surface area contributed by atoms with E-state index in [1.807, 2.05) is 29.7 Å². The topological polar surface area (TPSA) is 72.9 Å². The first-order valence-corrected chi connectivity index (χ1v) is 9.19. The third-order valence-corrected chi connectivity index (χ3v) is 4.53. The van der Waals surface area contributed by atoms with E-state index in [1.165, 1.54) is 12.1 Å². The Labute approximate surface area is 158 Å². The number of nitrogens with two attached hydrogens (primary N) is 1. The van der Waals surface area contributed by atoms with Gasteiger partial charge in [-0.05, 0) is 75.7 Å². The van der Waals surface area contributed by atoms with Crippen LogP contribution in [0.2, 0.25) is 0 Å². The van der Waals surface area contributed by atoms with E-state index < -0.39 is 0 Å². The van der Waals surface area contributed by atoms with Crippen molar-refractivity contribution in [3.05, 3.63) is 47.8 Å². The van der Waals surface area contributed by atoms with Gasteiger partial charge in [0.1, 0.15) is 11.6 Å². The van der Waals surface area contributed by atoms with Gasteiger partial charge in [0, 0.05) is 23.7 Å². The van der Waals surface area contributed by atoms with Crippen molar-refractivity contribution in [2.75, 3.05) is 11.9 Å². The Balaban J connectivity index is 1.98. The van der Waals surface area contributed by atoms with E-state index in [4.69, 9.17) is 10.7 Å². The van der Waals surface area contributed by atoms with Crippen LogP contribution in [0.1, 0.15) is 38.3 Å². The van der Waals surface area contributed by atoms with Gasteiger partial charge in [0.15, 0.2) is 0 Å². The summed E-state index contributed by atoms with van der Waals surface area (Å²) in [6.07, 6.45) is 1.07. The van der Waals surface area contributed by atoms with Crippen molar-refractivity contribution in [1.82, 2.24) is 9.55 Å². The second kappa shape index (κ2) is 7.88. The van der Waals surface area contributed by atoms with E-state index in [2.05, 4.69) is 19.2 Å². The van der Waals surface area contributed by atoms with E-state index in [1.54, 1.807) is 6.07 Å². The van der Waals surface area contributed by atoms with Gasteiger partial charge in [-0.15, -0.1) is 0 Å². The van der Waals surface area contributed by atoms with Crippen molar-refractivity contribution >= 4 is 22.6 Å². The second-order valence-corrected chi connectivity index (χ2v) is 7.00. The zero-order valence-electron chi connectivity index (χ0n) is 15.9. The third-order valence-electron chi connectivity index (χ3n) is 4.53. The largest absolute Gasteiger partial charge is 0.330 e. The minimum absolute atomic E-state index is 0.0406. The van der Waals surface area contributed by atoms with Gasteiger partial charge in [0.25, 0.3) is 0 Å². The number of nitrogens with one attached hydrogen (secondary N) is 1. The Kier molecular flexibility index (Phi) is 5.56. The standard InChI is InChI=1S/C21H25FN4O/c1-13(2)26-19-12-16(22)7-9-18(19)25-21(26)15-6-8-17(14(3)11-15)24-20(27)5-4-10-23/h6-9,11-13H,4-5,10,23H2,1-3H3,(H,24,27). The molecule has 3 rings (SSSR count). The molecule has 1 heterocycles. The quantitative estimate of drug-likeness (QED) is 0.677. The lowest BCUT2D eigenvalue weighted by atomic mass is 10.1. The number of aryl methyl sites for hydroxylation is 1. The predicted molar refractivity (Wildman–Crippen MR) is 107 cm³/mol. The molecule has 142 valence electrons. The van der Waals surface area contributed by atoms with Gasteiger partial charge >= 0.3 is 0 Å². The number of nitrogens with zero attached hydrogens (tertiary/aromatic N) is 2. The molecule has 5 nitrogen and oxygen atoms in total. The number of imidazole rings is 1. The van der Waals surface area contributed by atoms with E-state index in [0.717, 1.165) is 33.7 Å². The number of benzene rings is 2. The van der Waals surface area contributed by atoms with Crippen LogP contribution in [0.25, 0.3) is 22.4 Å². The van der Waals surface area contributed by atoms with Crippen LogP contribution in [0.15, 0.2) is 36.4 Å². The third kappa shape index (κ3) is 4.01. The average Bonchev–Trinajstić information content (AvgIpc) is 3.00. The van der Waals surface area contributed by atoms with Crippen molar-refractivity contribution in [2.24, 2.45) is 5.73 Å². The number of carbonyl (C=O) groups is 1. The highest BCUT2D eigenvalue weighted by Gasteiger charge is 2.16. The summed E-state index contributed by atoms with van der Waals surface area (Å²) in [5.74, 6) is 0.471. The number of amides is 1. The van der Waals surface area contributed by atoms with Crippen molar-refractivity contribution in [1.29, 1.82) is 0 Å². The Morgan fingerprint density at radius 1 is 1.26 bits per heavy atom. The molecule has 3 N–H and O–H groups in total. The zero-order valence-corrected chi connectivity index (χ0v) is 15.9. The predicted octanol–water partition coefficient (Wildman–Crippen LogP) is 4.41. The summed E-state index contributed by atoms with van der Waals surface area (Å²) in [6.45, 7) is 6.55. The fourth-order valence-electron chi connectivity index (χ4n) is 3.21. The highest BCUT2D eigenvalue weighted by atomic mass is 19.1. The summed E-state index contributed by atoms with van der Waals surface area (Å²) in [5, 5.41) is 2.92. The first-order valence-electron chi connectivity index (χ1n) is 9.19. The van der Waals surface area contributed by atoms with Crippen LogP contribution in [-0.2, 0) is 4.79 Å². The minimum Gasteiger partial charge on any atom is -0.330 e. The maximum absolute atomic E-state index is 13.7. The highest BCUT2D eigenvalue weighted by Crippen LogP contribution is 2.31. The molecule has 0 aliphatic heterocycles. The fraction of sp³-hybridized carbons (Fsp3) is 0.333. The molecule has 0 radical (unpaired) electrons. The van der Waals surface area contributed by atoms with Crippen LogP contribution >= 0.6 is 0 Å². The first kappa shape index (κ1) is 19.0. The molecule has 2 aromatic carbocycles. The normalized spacial score (nSPS) is 11.3. The van der Waals surface area contributed by atoms with Crippen molar-refractivity contribution in [3.63, 3.8) is 0 Å². The molecule has 0 saturated heterocycles. The summed E-state index contributed by atoms with van der Waals surface area (Å²) < 4.78 is 15.8. The Hall–Kier alpha value is -2.73. The molecule has 3 aromatic rings. The van der Waals surface area contributed by atoms with Crippen LogP contribution in [0.3, 0.4) is 0 Å².